The molecule has 0 spiro atoms. The van der Waals surface area contributed by atoms with Crippen molar-refractivity contribution >= 4 is 17.3 Å². The lowest BCUT2D eigenvalue weighted by Crippen LogP contribution is -2.03. The summed E-state index contributed by atoms with van der Waals surface area (Å²) in [6, 6.07) is 8.45. The van der Waals surface area contributed by atoms with Crippen LogP contribution in [0, 0.1) is 15.9 Å². The molecule has 1 N–H and O–H groups in total. The summed E-state index contributed by atoms with van der Waals surface area (Å²) in [4.78, 5) is 21.3. The first-order chi connectivity index (χ1) is 10.0. The molecule has 0 aromatic heterocycles. The lowest BCUT2D eigenvalue weighted by Gasteiger charge is -2.08. The van der Waals surface area contributed by atoms with E-state index in [2.05, 4.69) is 5.32 Å². The lowest BCUT2D eigenvalue weighted by atomic mass is 10.1. The summed E-state index contributed by atoms with van der Waals surface area (Å²) in [6.07, 6.45) is 0.287. The average molecular weight is 288 g/mol. The van der Waals surface area contributed by atoms with Crippen molar-refractivity contribution in [1.29, 1.82) is 0 Å². The van der Waals surface area contributed by atoms with Crippen LogP contribution in [0.4, 0.5) is 15.8 Å². The van der Waals surface area contributed by atoms with Crippen molar-refractivity contribution in [2.75, 3.05) is 5.32 Å². The first-order valence-corrected chi connectivity index (χ1v) is 6.08. The van der Waals surface area contributed by atoms with E-state index in [-0.39, 0.29) is 23.8 Å². The minimum Gasteiger partial charge on any atom is -0.450 e. The number of halogens is 1. The molecule has 3 rings (SSSR count). The Morgan fingerprint density at radius 1 is 1.29 bits per heavy atom. The predicted octanol–water partition coefficient (Wildman–Crippen LogP) is 3.02. The minimum atomic E-state index is -0.966. The van der Waals surface area contributed by atoms with Crippen LogP contribution in [0.5, 0.6) is 11.5 Å². The number of ether oxygens (including phenoxy) is 1. The first kappa shape index (κ1) is 13.0. The van der Waals surface area contributed by atoms with Crippen LogP contribution < -0.4 is 10.1 Å². The van der Waals surface area contributed by atoms with Crippen LogP contribution in [0.2, 0.25) is 0 Å². The molecule has 0 unspecified atom stereocenters. The quantitative estimate of drug-likeness (QED) is 0.695. The molecule has 106 valence electrons. The number of nitrogens with one attached hydrogen (secondary N) is 1. The van der Waals surface area contributed by atoms with Crippen molar-refractivity contribution < 1.29 is 18.8 Å². The highest BCUT2D eigenvalue weighted by Gasteiger charge is 2.23. The molecule has 1 aliphatic heterocycles. The molecule has 0 atom stereocenters. The van der Waals surface area contributed by atoms with Gasteiger partial charge in [0, 0.05) is 11.8 Å². The molecule has 6 nitrogen and oxygen atoms in total. The van der Waals surface area contributed by atoms with E-state index in [9.17, 15) is 19.3 Å². The molecule has 0 bridgehead atoms. The standard InChI is InChI=1S/C14H9FN2O4/c15-10-2-1-3-12(14(10)17(19)20)21-9-5-4-8-6-13(18)16-11(8)7-9/h1-5,7H,6H2,(H,16,18). The Kier molecular flexibility index (Phi) is 3.02. The van der Waals surface area contributed by atoms with E-state index in [4.69, 9.17) is 4.74 Å². The van der Waals surface area contributed by atoms with E-state index >= 15 is 0 Å². The van der Waals surface area contributed by atoms with Crippen molar-refractivity contribution in [2.24, 2.45) is 0 Å². The predicted molar refractivity (Wildman–Crippen MR) is 71.9 cm³/mol. The Hall–Kier alpha value is -2.96. The normalized spacial score (nSPS) is 12.7. The maximum Gasteiger partial charge on any atom is 0.346 e. The van der Waals surface area contributed by atoms with Gasteiger partial charge in [-0.2, -0.15) is 4.39 Å². The van der Waals surface area contributed by atoms with Crippen LogP contribution in [-0.2, 0) is 11.2 Å². The second-order valence-corrected chi connectivity index (χ2v) is 4.49. The number of hydrogen-bond donors (Lipinski definition) is 1. The molecule has 2 aromatic carbocycles. The molecule has 1 heterocycles. The molecule has 0 aliphatic carbocycles. The van der Waals surface area contributed by atoms with E-state index < -0.39 is 16.4 Å². The van der Waals surface area contributed by atoms with Crippen molar-refractivity contribution in [3.8, 4) is 11.5 Å². The summed E-state index contributed by atoms with van der Waals surface area (Å²) >= 11 is 0. The average Bonchev–Trinajstić information content (AvgIpc) is 2.77. The number of rotatable bonds is 3. The molecule has 0 radical (unpaired) electrons. The van der Waals surface area contributed by atoms with Gasteiger partial charge in [0.05, 0.1) is 11.3 Å². The van der Waals surface area contributed by atoms with Gasteiger partial charge in [0.2, 0.25) is 17.5 Å². The number of benzene rings is 2. The van der Waals surface area contributed by atoms with Gasteiger partial charge in [-0.05, 0) is 23.8 Å². The largest absolute Gasteiger partial charge is 0.450 e. The number of para-hydroxylation sites is 1. The van der Waals surface area contributed by atoms with Gasteiger partial charge in [0.15, 0.2) is 0 Å². The lowest BCUT2D eigenvalue weighted by molar-refractivity contribution is -0.388. The highest BCUT2D eigenvalue weighted by molar-refractivity contribution is 5.99. The summed E-state index contributed by atoms with van der Waals surface area (Å²) in [5.41, 5.74) is 0.694. The van der Waals surface area contributed by atoms with Crippen molar-refractivity contribution in [1.82, 2.24) is 0 Å². The third-order valence-corrected chi connectivity index (χ3v) is 3.07. The second-order valence-electron chi connectivity index (χ2n) is 4.49. The summed E-state index contributed by atoms with van der Waals surface area (Å²) in [5, 5.41) is 13.5. The van der Waals surface area contributed by atoms with E-state index in [1.165, 1.54) is 12.1 Å². The molecule has 2 aromatic rings. The summed E-state index contributed by atoms with van der Waals surface area (Å²) in [5.74, 6) is -1.00. The fourth-order valence-electron chi connectivity index (χ4n) is 2.14. The van der Waals surface area contributed by atoms with E-state index in [0.717, 1.165) is 11.6 Å². The molecule has 1 amide bonds. The number of carbonyl (C=O) groups is 1. The Balaban J connectivity index is 1.95. The molecular formula is C14H9FN2O4. The molecule has 1 aliphatic rings. The molecule has 0 saturated heterocycles. The number of nitro groups is 1. The van der Waals surface area contributed by atoms with Gasteiger partial charge < -0.3 is 10.1 Å². The number of anilines is 1. The third-order valence-electron chi connectivity index (χ3n) is 3.07. The Labute approximate surface area is 118 Å². The van der Waals surface area contributed by atoms with Gasteiger partial charge >= 0.3 is 5.69 Å². The smallest absolute Gasteiger partial charge is 0.346 e. The number of hydrogen-bond acceptors (Lipinski definition) is 4. The fraction of sp³-hybridized carbons (Fsp3) is 0.0714. The Morgan fingerprint density at radius 2 is 2.10 bits per heavy atom. The van der Waals surface area contributed by atoms with Gasteiger partial charge in [-0.15, -0.1) is 0 Å². The van der Waals surface area contributed by atoms with Gasteiger partial charge in [0.25, 0.3) is 0 Å². The topological polar surface area (TPSA) is 81.5 Å². The monoisotopic (exact) mass is 288 g/mol. The Bertz CT molecular complexity index is 761. The van der Waals surface area contributed by atoms with E-state index in [0.29, 0.717) is 5.69 Å². The van der Waals surface area contributed by atoms with E-state index in [1.807, 2.05) is 0 Å². The zero-order valence-corrected chi connectivity index (χ0v) is 10.6. The molecule has 0 fully saturated rings. The highest BCUT2D eigenvalue weighted by Crippen LogP contribution is 2.35. The summed E-state index contributed by atoms with van der Waals surface area (Å²) in [6.45, 7) is 0. The van der Waals surface area contributed by atoms with Crippen molar-refractivity contribution in [3.63, 3.8) is 0 Å². The molecule has 7 heteroatoms. The zero-order chi connectivity index (χ0) is 15.0. The molecule has 0 saturated carbocycles. The van der Waals surface area contributed by atoms with Crippen LogP contribution in [0.25, 0.3) is 0 Å². The van der Waals surface area contributed by atoms with Crippen LogP contribution >= 0.6 is 0 Å². The van der Waals surface area contributed by atoms with Gasteiger partial charge in [0.1, 0.15) is 5.75 Å². The first-order valence-electron chi connectivity index (χ1n) is 6.08. The fourth-order valence-corrected chi connectivity index (χ4v) is 2.14. The number of carbonyl (C=O) groups excluding carboxylic acids is 1. The highest BCUT2D eigenvalue weighted by atomic mass is 19.1. The molecule has 21 heavy (non-hydrogen) atoms. The zero-order valence-electron chi connectivity index (χ0n) is 10.6. The summed E-state index contributed by atoms with van der Waals surface area (Å²) in [7, 11) is 0. The van der Waals surface area contributed by atoms with Crippen molar-refractivity contribution in [3.05, 3.63) is 57.9 Å². The minimum absolute atomic E-state index is 0.126. The number of nitro benzene ring substituents is 1. The van der Waals surface area contributed by atoms with Crippen molar-refractivity contribution in [2.45, 2.75) is 6.42 Å². The van der Waals surface area contributed by atoms with Gasteiger partial charge in [-0.1, -0.05) is 12.1 Å². The number of fused-ring (bicyclic) bond motifs is 1. The van der Waals surface area contributed by atoms with E-state index in [1.54, 1.807) is 18.2 Å². The molecular weight excluding hydrogens is 279 g/mol. The van der Waals surface area contributed by atoms with Gasteiger partial charge in [-0.3, -0.25) is 14.9 Å². The van der Waals surface area contributed by atoms with Crippen LogP contribution in [-0.4, -0.2) is 10.8 Å². The van der Waals surface area contributed by atoms with Crippen LogP contribution in [0.15, 0.2) is 36.4 Å². The number of nitrogens with zero attached hydrogens (tertiary/aromatic N) is 1. The summed E-state index contributed by atoms with van der Waals surface area (Å²) < 4.78 is 18.9. The van der Waals surface area contributed by atoms with Crippen LogP contribution in [0.1, 0.15) is 5.56 Å². The second kappa shape index (κ2) is 4.86. The Morgan fingerprint density at radius 3 is 2.86 bits per heavy atom. The van der Waals surface area contributed by atoms with Gasteiger partial charge in [-0.25, -0.2) is 0 Å². The third kappa shape index (κ3) is 2.40. The van der Waals surface area contributed by atoms with Crippen LogP contribution in [0.3, 0.4) is 0 Å². The number of amides is 1. The SMILES string of the molecule is O=C1Cc2ccc(Oc3cccc(F)c3[N+](=O)[O-])cc2N1. The maximum absolute atomic E-state index is 13.5. The maximum atomic E-state index is 13.5.